The second-order valence-electron chi connectivity index (χ2n) is 3.72. The molecule has 0 amide bonds. The topological polar surface area (TPSA) is 37.3 Å². The van der Waals surface area contributed by atoms with E-state index in [9.17, 15) is 9.18 Å². The summed E-state index contributed by atoms with van der Waals surface area (Å²) in [4.78, 5) is 10.4. The van der Waals surface area contributed by atoms with Gasteiger partial charge in [0.25, 0.3) is 0 Å². The van der Waals surface area contributed by atoms with Crippen LogP contribution in [0, 0.1) is 5.82 Å². The lowest BCUT2D eigenvalue weighted by Crippen LogP contribution is -1.95. The molecule has 0 aromatic heterocycles. The third kappa shape index (κ3) is 2.24. The van der Waals surface area contributed by atoms with Crippen LogP contribution in [0.1, 0.15) is 24.0 Å². The Hall–Kier alpha value is -1.64. The number of aliphatic carboxylic acids is 1. The quantitative estimate of drug-likeness (QED) is 0.825. The van der Waals surface area contributed by atoms with E-state index in [1.165, 1.54) is 12.1 Å². The van der Waals surface area contributed by atoms with Crippen LogP contribution in [0.5, 0.6) is 0 Å². The highest BCUT2D eigenvalue weighted by atomic mass is 19.1. The van der Waals surface area contributed by atoms with Crippen molar-refractivity contribution in [3.8, 4) is 0 Å². The van der Waals surface area contributed by atoms with E-state index in [-0.39, 0.29) is 12.2 Å². The van der Waals surface area contributed by atoms with Crippen LogP contribution in [-0.2, 0) is 11.2 Å². The summed E-state index contributed by atoms with van der Waals surface area (Å²) >= 11 is 0. The maximum atomic E-state index is 12.9. The van der Waals surface area contributed by atoms with Crippen LogP contribution in [0.4, 0.5) is 4.39 Å². The van der Waals surface area contributed by atoms with Gasteiger partial charge in [0.1, 0.15) is 5.82 Å². The lowest BCUT2D eigenvalue weighted by molar-refractivity contribution is -0.136. The average molecular weight is 206 g/mol. The van der Waals surface area contributed by atoms with Crippen LogP contribution in [-0.4, -0.2) is 11.1 Å². The van der Waals surface area contributed by atoms with Gasteiger partial charge in [0, 0.05) is 6.42 Å². The summed E-state index contributed by atoms with van der Waals surface area (Å²) in [7, 11) is 0. The maximum absolute atomic E-state index is 12.9. The van der Waals surface area contributed by atoms with Crippen LogP contribution in [0.3, 0.4) is 0 Å². The number of rotatable bonds is 3. The summed E-state index contributed by atoms with van der Waals surface area (Å²) in [5.41, 5.74) is 3.03. The lowest BCUT2D eigenvalue weighted by atomic mass is 10.1. The summed E-state index contributed by atoms with van der Waals surface area (Å²) in [5.74, 6) is -1.04. The number of carboxylic acids is 1. The van der Waals surface area contributed by atoms with Crippen molar-refractivity contribution in [1.29, 1.82) is 0 Å². The molecule has 0 fully saturated rings. The highest BCUT2D eigenvalue weighted by molar-refractivity contribution is 5.69. The number of hydrogen-bond acceptors (Lipinski definition) is 1. The second-order valence-corrected chi connectivity index (χ2v) is 3.72. The number of fused-ring (bicyclic) bond motifs is 1. The summed E-state index contributed by atoms with van der Waals surface area (Å²) in [6.45, 7) is 0. The summed E-state index contributed by atoms with van der Waals surface area (Å²) in [6.07, 6.45) is 3.33. The van der Waals surface area contributed by atoms with Crippen molar-refractivity contribution < 1.29 is 14.3 Å². The fourth-order valence-electron chi connectivity index (χ4n) is 1.80. The minimum Gasteiger partial charge on any atom is -0.481 e. The van der Waals surface area contributed by atoms with Crippen LogP contribution in [0.25, 0.3) is 6.08 Å². The Morgan fingerprint density at radius 2 is 2.27 bits per heavy atom. The Labute approximate surface area is 87.0 Å². The SMILES string of the molecule is O=C(O)CCC1=Cc2cc(F)ccc2C1. The highest BCUT2D eigenvalue weighted by Gasteiger charge is 2.13. The monoisotopic (exact) mass is 206 g/mol. The Balaban J connectivity index is 2.10. The molecule has 0 unspecified atom stereocenters. The predicted molar refractivity (Wildman–Crippen MR) is 55.0 cm³/mol. The number of benzene rings is 1. The van der Waals surface area contributed by atoms with E-state index < -0.39 is 5.97 Å². The van der Waals surface area contributed by atoms with Crippen molar-refractivity contribution in [2.75, 3.05) is 0 Å². The van der Waals surface area contributed by atoms with E-state index >= 15 is 0 Å². The summed E-state index contributed by atoms with van der Waals surface area (Å²) in [5, 5.41) is 8.55. The van der Waals surface area contributed by atoms with Gasteiger partial charge in [-0.3, -0.25) is 4.79 Å². The van der Waals surface area contributed by atoms with E-state index in [1.54, 1.807) is 6.07 Å². The molecule has 0 saturated carbocycles. The Kier molecular flexibility index (Phi) is 2.54. The smallest absolute Gasteiger partial charge is 0.303 e. The number of carboxylic acid groups (broad SMARTS) is 1. The van der Waals surface area contributed by atoms with Crippen molar-refractivity contribution in [3.63, 3.8) is 0 Å². The molecule has 2 nitrogen and oxygen atoms in total. The molecule has 1 aliphatic rings. The van der Waals surface area contributed by atoms with Crippen molar-refractivity contribution in [2.45, 2.75) is 19.3 Å². The van der Waals surface area contributed by atoms with Crippen molar-refractivity contribution >= 4 is 12.0 Å². The molecule has 1 aromatic carbocycles. The molecule has 0 saturated heterocycles. The molecule has 1 aromatic rings. The van der Waals surface area contributed by atoms with Gasteiger partial charge in [-0.05, 0) is 36.1 Å². The minimum absolute atomic E-state index is 0.141. The summed E-state index contributed by atoms with van der Waals surface area (Å²) in [6, 6.07) is 4.69. The maximum Gasteiger partial charge on any atom is 0.303 e. The first-order valence-electron chi connectivity index (χ1n) is 4.85. The van der Waals surface area contributed by atoms with Gasteiger partial charge in [0.2, 0.25) is 0 Å². The average Bonchev–Trinajstić information content (AvgIpc) is 2.56. The zero-order chi connectivity index (χ0) is 10.8. The molecule has 0 spiro atoms. The molecule has 2 rings (SSSR count). The van der Waals surface area contributed by atoms with Crippen LogP contribution < -0.4 is 0 Å². The van der Waals surface area contributed by atoms with E-state index in [4.69, 9.17) is 5.11 Å². The number of halogens is 1. The molecule has 15 heavy (non-hydrogen) atoms. The third-order valence-electron chi connectivity index (χ3n) is 2.55. The second kappa shape index (κ2) is 3.85. The zero-order valence-corrected chi connectivity index (χ0v) is 8.16. The van der Waals surface area contributed by atoms with E-state index in [0.717, 1.165) is 23.1 Å². The zero-order valence-electron chi connectivity index (χ0n) is 8.16. The molecular formula is C12H11FO2. The normalized spacial score (nSPS) is 13.5. The molecule has 0 bridgehead atoms. The molecule has 0 aliphatic heterocycles. The highest BCUT2D eigenvalue weighted by Crippen LogP contribution is 2.27. The molecule has 78 valence electrons. The number of allylic oxidation sites excluding steroid dienone is 1. The van der Waals surface area contributed by atoms with Crippen molar-refractivity contribution in [3.05, 3.63) is 40.7 Å². The Morgan fingerprint density at radius 1 is 1.47 bits per heavy atom. The van der Waals surface area contributed by atoms with Gasteiger partial charge in [-0.1, -0.05) is 17.7 Å². The van der Waals surface area contributed by atoms with Crippen molar-refractivity contribution in [2.24, 2.45) is 0 Å². The van der Waals surface area contributed by atoms with Gasteiger partial charge in [-0.25, -0.2) is 4.39 Å². The van der Waals surface area contributed by atoms with Gasteiger partial charge in [-0.15, -0.1) is 0 Å². The van der Waals surface area contributed by atoms with Crippen LogP contribution in [0.2, 0.25) is 0 Å². The lowest BCUT2D eigenvalue weighted by Gasteiger charge is -1.98. The van der Waals surface area contributed by atoms with Gasteiger partial charge in [-0.2, -0.15) is 0 Å². The first-order valence-corrected chi connectivity index (χ1v) is 4.85. The van der Waals surface area contributed by atoms with Crippen LogP contribution in [0.15, 0.2) is 23.8 Å². The van der Waals surface area contributed by atoms with Gasteiger partial charge in [0.05, 0.1) is 0 Å². The minimum atomic E-state index is -0.793. The van der Waals surface area contributed by atoms with Crippen LogP contribution >= 0.6 is 0 Å². The fourth-order valence-corrected chi connectivity index (χ4v) is 1.80. The predicted octanol–water partition coefficient (Wildman–Crippen LogP) is 2.63. The largest absolute Gasteiger partial charge is 0.481 e. The summed E-state index contributed by atoms with van der Waals surface area (Å²) < 4.78 is 12.9. The number of carbonyl (C=O) groups is 1. The standard InChI is InChI=1S/C12H11FO2/c13-11-3-2-9-5-8(1-4-12(14)15)6-10(9)7-11/h2-3,6-7H,1,4-5H2,(H,14,15). The molecule has 3 heteroatoms. The molecular weight excluding hydrogens is 195 g/mol. The molecule has 0 atom stereocenters. The molecule has 0 heterocycles. The fraction of sp³-hybridized carbons (Fsp3) is 0.250. The third-order valence-corrected chi connectivity index (χ3v) is 2.55. The van der Waals surface area contributed by atoms with Gasteiger partial charge in [0.15, 0.2) is 0 Å². The van der Waals surface area contributed by atoms with Crippen molar-refractivity contribution in [1.82, 2.24) is 0 Å². The molecule has 0 radical (unpaired) electrons. The number of hydrogen-bond donors (Lipinski definition) is 1. The Morgan fingerprint density at radius 3 is 3.00 bits per heavy atom. The first-order chi connectivity index (χ1) is 7.15. The first kappa shape index (κ1) is 9.90. The van der Waals surface area contributed by atoms with Gasteiger partial charge < -0.3 is 5.11 Å². The molecule has 1 aliphatic carbocycles. The molecule has 1 N–H and O–H groups in total. The van der Waals surface area contributed by atoms with E-state index in [1.807, 2.05) is 6.08 Å². The van der Waals surface area contributed by atoms with E-state index in [2.05, 4.69) is 0 Å². The van der Waals surface area contributed by atoms with Gasteiger partial charge >= 0.3 is 5.97 Å². The van der Waals surface area contributed by atoms with E-state index in [0.29, 0.717) is 6.42 Å². The Bertz CT molecular complexity index is 435.